The summed E-state index contributed by atoms with van der Waals surface area (Å²) in [5.74, 6) is 0.734. The molecular weight excluding hydrogens is 388 g/mol. The van der Waals surface area contributed by atoms with Crippen LogP contribution in [0, 0.1) is 6.92 Å². The number of hydrogen-bond acceptors (Lipinski definition) is 4. The highest BCUT2D eigenvalue weighted by Crippen LogP contribution is 2.30. The molecule has 1 aromatic heterocycles. The van der Waals surface area contributed by atoms with E-state index in [4.69, 9.17) is 0 Å². The highest BCUT2D eigenvalue weighted by molar-refractivity contribution is 7.92. The van der Waals surface area contributed by atoms with Gasteiger partial charge in [-0.2, -0.15) is 0 Å². The molecule has 1 aliphatic heterocycles. The van der Waals surface area contributed by atoms with Gasteiger partial charge in [0.2, 0.25) is 10.0 Å². The van der Waals surface area contributed by atoms with Gasteiger partial charge >= 0.3 is 0 Å². The molecule has 0 aliphatic carbocycles. The monoisotopic (exact) mass is 410 g/mol. The van der Waals surface area contributed by atoms with Crippen LogP contribution in [-0.4, -0.2) is 36.7 Å². The molecule has 29 heavy (non-hydrogen) atoms. The summed E-state index contributed by atoms with van der Waals surface area (Å²) in [5, 5.41) is 2.90. The van der Waals surface area contributed by atoms with Gasteiger partial charge in [0.05, 0.1) is 11.9 Å². The van der Waals surface area contributed by atoms with Crippen molar-refractivity contribution in [1.29, 1.82) is 0 Å². The second-order valence-electron chi connectivity index (χ2n) is 7.18. The molecule has 0 bridgehead atoms. The Labute approximate surface area is 170 Å². The van der Waals surface area contributed by atoms with E-state index in [0.717, 1.165) is 23.5 Å². The number of benzene rings is 2. The molecule has 0 unspecified atom stereocenters. The topological polar surface area (TPSA) is 84.3 Å². The van der Waals surface area contributed by atoms with E-state index >= 15 is 0 Å². The van der Waals surface area contributed by atoms with Crippen molar-refractivity contribution >= 4 is 27.3 Å². The van der Waals surface area contributed by atoms with Crippen molar-refractivity contribution in [2.24, 2.45) is 0 Å². The molecule has 0 atom stereocenters. The van der Waals surface area contributed by atoms with Gasteiger partial charge in [-0.1, -0.05) is 12.1 Å². The summed E-state index contributed by atoms with van der Waals surface area (Å²) in [6.07, 6.45) is 5.51. The fourth-order valence-electron chi connectivity index (χ4n) is 3.52. The molecule has 0 radical (unpaired) electrons. The van der Waals surface area contributed by atoms with Crippen LogP contribution in [0.3, 0.4) is 0 Å². The summed E-state index contributed by atoms with van der Waals surface area (Å²) in [4.78, 5) is 16.8. The van der Waals surface area contributed by atoms with E-state index in [1.807, 2.05) is 37.4 Å². The maximum absolute atomic E-state index is 12.6. The third-order valence-electron chi connectivity index (χ3n) is 5.08. The average molecular weight is 410 g/mol. The van der Waals surface area contributed by atoms with Crippen molar-refractivity contribution in [2.45, 2.75) is 19.9 Å². The zero-order valence-corrected chi connectivity index (χ0v) is 17.1. The first-order valence-corrected chi connectivity index (χ1v) is 11.1. The Kier molecular flexibility index (Phi) is 4.87. The van der Waals surface area contributed by atoms with Crippen LogP contribution in [-0.2, 0) is 23.0 Å². The smallest absolute Gasteiger partial charge is 0.255 e. The van der Waals surface area contributed by atoms with Crippen molar-refractivity contribution < 1.29 is 13.2 Å². The fourth-order valence-corrected chi connectivity index (χ4v) is 4.48. The van der Waals surface area contributed by atoms with Gasteiger partial charge in [-0.05, 0) is 54.8 Å². The zero-order chi connectivity index (χ0) is 20.6. The van der Waals surface area contributed by atoms with Crippen molar-refractivity contribution in [1.82, 2.24) is 9.55 Å². The molecule has 2 heterocycles. The Hall–Kier alpha value is -3.13. The number of carbonyl (C=O) groups excluding carboxylic acids is 1. The first-order valence-electron chi connectivity index (χ1n) is 9.30. The number of sulfonamides is 1. The highest BCUT2D eigenvalue weighted by atomic mass is 32.2. The van der Waals surface area contributed by atoms with Crippen LogP contribution in [0.25, 0.3) is 0 Å². The van der Waals surface area contributed by atoms with Crippen LogP contribution in [0.4, 0.5) is 11.4 Å². The second-order valence-corrected chi connectivity index (χ2v) is 9.09. The number of fused-ring (bicyclic) bond motifs is 1. The van der Waals surface area contributed by atoms with E-state index in [2.05, 4.69) is 14.9 Å². The van der Waals surface area contributed by atoms with Crippen LogP contribution in [0.5, 0.6) is 0 Å². The lowest BCUT2D eigenvalue weighted by atomic mass is 10.1. The number of anilines is 2. The van der Waals surface area contributed by atoms with Gasteiger partial charge in [-0.25, -0.2) is 13.4 Å². The zero-order valence-electron chi connectivity index (χ0n) is 16.3. The quantitative estimate of drug-likeness (QED) is 0.701. The molecule has 1 N–H and O–H groups in total. The lowest BCUT2D eigenvalue weighted by Crippen LogP contribution is -2.27. The molecular formula is C21H22N4O3S. The molecule has 4 rings (SSSR count). The van der Waals surface area contributed by atoms with Crippen LogP contribution in [0.1, 0.15) is 27.3 Å². The number of carbonyl (C=O) groups is 1. The summed E-state index contributed by atoms with van der Waals surface area (Å²) in [6.45, 7) is 3.10. The standard InChI is InChI=1S/C21H22N4O3S/c1-15-22-10-12-24(15)14-16-3-6-19(7-4-16)23-21(26)18-5-8-20-17(13-18)9-11-25(20)29(2,27)28/h3-8,10,12-13H,9,11,14H2,1-2H3,(H,23,26). The molecule has 0 saturated heterocycles. The van der Waals surface area contributed by atoms with Crippen molar-refractivity contribution in [3.8, 4) is 0 Å². The van der Waals surface area contributed by atoms with E-state index in [-0.39, 0.29) is 5.91 Å². The number of hydrogen-bond donors (Lipinski definition) is 1. The van der Waals surface area contributed by atoms with E-state index in [9.17, 15) is 13.2 Å². The number of aromatic nitrogens is 2. The predicted octanol–water partition coefficient (Wildman–Crippen LogP) is 2.81. The molecule has 0 fully saturated rings. The largest absolute Gasteiger partial charge is 0.331 e. The summed E-state index contributed by atoms with van der Waals surface area (Å²) in [6, 6.07) is 12.8. The number of aryl methyl sites for hydroxylation is 1. The first kappa shape index (κ1) is 19.2. The Balaban J connectivity index is 1.45. The van der Waals surface area contributed by atoms with Crippen LogP contribution in [0.2, 0.25) is 0 Å². The molecule has 0 saturated carbocycles. The highest BCUT2D eigenvalue weighted by Gasteiger charge is 2.26. The SMILES string of the molecule is Cc1nccn1Cc1ccc(NC(=O)c2ccc3c(c2)CCN3S(C)(=O)=O)cc1. The van der Waals surface area contributed by atoms with E-state index in [1.54, 1.807) is 24.4 Å². The molecule has 1 amide bonds. The summed E-state index contributed by atoms with van der Waals surface area (Å²) < 4.78 is 27.1. The number of rotatable bonds is 5. The normalized spacial score (nSPS) is 13.4. The Bertz CT molecular complexity index is 1170. The molecule has 8 heteroatoms. The van der Waals surface area contributed by atoms with Crippen LogP contribution < -0.4 is 9.62 Å². The van der Waals surface area contributed by atoms with Gasteiger partial charge in [0.25, 0.3) is 5.91 Å². The maximum Gasteiger partial charge on any atom is 0.255 e. The Morgan fingerprint density at radius 1 is 1.17 bits per heavy atom. The third-order valence-corrected chi connectivity index (χ3v) is 6.26. The van der Waals surface area contributed by atoms with E-state index in [1.165, 1.54) is 10.6 Å². The second kappa shape index (κ2) is 7.36. The minimum atomic E-state index is -3.30. The first-order chi connectivity index (χ1) is 13.8. The number of nitrogens with one attached hydrogen (secondary N) is 1. The minimum Gasteiger partial charge on any atom is -0.331 e. The Morgan fingerprint density at radius 3 is 2.59 bits per heavy atom. The van der Waals surface area contributed by atoms with Crippen molar-refractivity contribution in [2.75, 3.05) is 22.4 Å². The molecule has 7 nitrogen and oxygen atoms in total. The minimum absolute atomic E-state index is 0.219. The van der Waals surface area contributed by atoms with Gasteiger partial charge in [0, 0.05) is 36.7 Å². The van der Waals surface area contributed by atoms with Gasteiger partial charge in [-0.3, -0.25) is 9.10 Å². The predicted molar refractivity (Wildman–Crippen MR) is 113 cm³/mol. The van der Waals surface area contributed by atoms with Crippen molar-refractivity contribution in [3.05, 3.63) is 77.4 Å². The molecule has 1 aliphatic rings. The van der Waals surface area contributed by atoms with Gasteiger partial charge in [-0.15, -0.1) is 0 Å². The van der Waals surface area contributed by atoms with Crippen molar-refractivity contribution in [3.63, 3.8) is 0 Å². The third kappa shape index (κ3) is 4.02. The summed E-state index contributed by atoms with van der Waals surface area (Å²) in [5.41, 5.74) is 3.86. The van der Waals surface area contributed by atoms with E-state index in [0.29, 0.717) is 29.9 Å². The number of imidazole rings is 1. The molecule has 150 valence electrons. The lowest BCUT2D eigenvalue weighted by Gasteiger charge is -2.16. The van der Waals surface area contributed by atoms with Gasteiger partial charge < -0.3 is 9.88 Å². The average Bonchev–Trinajstić information content (AvgIpc) is 3.28. The molecule has 2 aromatic carbocycles. The number of amides is 1. The number of nitrogens with zero attached hydrogens (tertiary/aromatic N) is 3. The summed E-state index contributed by atoms with van der Waals surface area (Å²) in [7, 11) is -3.30. The summed E-state index contributed by atoms with van der Waals surface area (Å²) >= 11 is 0. The van der Waals surface area contributed by atoms with E-state index < -0.39 is 10.0 Å². The lowest BCUT2D eigenvalue weighted by molar-refractivity contribution is 0.102. The van der Waals surface area contributed by atoms with Crippen LogP contribution >= 0.6 is 0 Å². The maximum atomic E-state index is 12.6. The molecule has 0 spiro atoms. The Morgan fingerprint density at radius 2 is 1.93 bits per heavy atom. The van der Waals surface area contributed by atoms with Gasteiger partial charge in [0.15, 0.2) is 0 Å². The molecule has 3 aromatic rings. The van der Waals surface area contributed by atoms with Gasteiger partial charge in [0.1, 0.15) is 5.82 Å². The fraction of sp³-hybridized carbons (Fsp3) is 0.238. The van der Waals surface area contributed by atoms with Crippen LogP contribution in [0.15, 0.2) is 54.9 Å².